The Kier molecular flexibility index (Phi) is 12.9. The first kappa shape index (κ1) is 19.9. The number of carboxylic acids is 2. The molecule has 4 N–H and O–H groups in total. The van der Waals surface area contributed by atoms with Crippen molar-refractivity contribution in [1.82, 2.24) is 0 Å². The topological polar surface area (TPSA) is 124 Å². The number of carbonyl (C=O) groups excluding carboxylic acids is 1. The second-order valence-corrected chi connectivity index (χ2v) is 3.09. The Balaban J connectivity index is 0. The summed E-state index contributed by atoms with van der Waals surface area (Å²) in [6.45, 7) is 0.425. The standard InChI is InChI=1S/C7H6O3.C4H9NO2.K/c8-6-4-2-1-3-5(6)7(9)10;5-3-1-2-4(6)7;/h1-4,8H,(H,9,10);1-3,5H2,(H,6,7);/q;;+1/p-1. The van der Waals surface area contributed by atoms with Gasteiger partial charge in [0.25, 0.3) is 0 Å². The maximum absolute atomic E-state index is 10.3. The summed E-state index contributed by atoms with van der Waals surface area (Å²) >= 11 is 0. The second kappa shape index (κ2) is 11.6. The number of rotatable bonds is 4. The third kappa shape index (κ3) is 9.57. The van der Waals surface area contributed by atoms with E-state index in [4.69, 9.17) is 15.9 Å². The van der Waals surface area contributed by atoms with Crippen molar-refractivity contribution >= 4 is 11.9 Å². The molecule has 0 amide bonds. The Morgan fingerprint density at radius 3 is 2.11 bits per heavy atom. The quantitative estimate of drug-likeness (QED) is 0.493. The second-order valence-electron chi connectivity index (χ2n) is 3.09. The molecule has 94 valence electrons. The smallest absolute Gasteiger partial charge is 0.550 e. The molecule has 1 rings (SSSR count). The van der Waals surface area contributed by atoms with E-state index in [-0.39, 0.29) is 69.1 Å². The van der Waals surface area contributed by atoms with E-state index in [0.717, 1.165) is 0 Å². The number of aliphatic carboxylic acids is 1. The zero-order valence-corrected chi connectivity index (χ0v) is 13.3. The third-order valence-corrected chi connectivity index (χ3v) is 1.72. The zero-order chi connectivity index (χ0) is 13.3. The van der Waals surface area contributed by atoms with Crippen LogP contribution in [0.1, 0.15) is 23.2 Å². The summed E-state index contributed by atoms with van der Waals surface area (Å²) in [5.74, 6) is -2.33. The van der Waals surface area contributed by atoms with E-state index < -0.39 is 11.9 Å². The molecule has 0 bridgehead atoms. The van der Waals surface area contributed by atoms with Crippen LogP contribution in [0, 0.1) is 0 Å². The number of carbonyl (C=O) groups is 2. The van der Waals surface area contributed by atoms with Crippen LogP contribution in [-0.4, -0.2) is 28.7 Å². The molecule has 0 spiro atoms. The van der Waals surface area contributed by atoms with Crippen LogP contribution in [0.3, 0.4) is 0 Å². The van der Waals surface area contributed by atoms with Gasteiger partial charge in [-0.05, 0) is 31.5 Å². The van der Waals surface area contributed by atoms with Gasteiger partial charge in [0.05, 0.1) is 0 Å². The van der Waals surface area contributed by atoms with Gasteiger partial charge in [-0.1, -0.05) is 12.1 Å². The molecule has 18 heavy (non-hydrogen) atoms. The van der Waals surface area contributed by atoms with Crippen LogP contribution in [0.4, 0.5) is 0 Å². The fourth-order valence-corrected chi connectivity index (χ4v) is 0.901. The van der Waals surface area contributed by atoms with Crippen LogP contribution in [0.15, 0.2) is 24.3 Å². The summed E-state index contributed by atoms with van der Waals surface area (Å²) in [6, 6.07) is 5.81. The van der Waals surface area contributed by atoms with Crippen molar-refractivity contribution in [3.05, 3.63) is 29.8 Å². The molecule has 0 radical (unpaired) electrons. The van der Waals surface area contributed by atoms with Crippen LogP contribution in [-0.2, 0) is 4.79 Å². The van der Waals surface area contributed by atoms with Gasteiger partial charge >= 0.3 is 57.4 Å². The SMILES string of the molecule is NCCCC(=O)[O-].O=C(O)c1ccccc1O.[K+]. The molecule has 0 aliphatic carbocycles. The Labute approximate surface area is 147 Å². The van der Waals surface area contributed by atoms with Gasteiger partial charge in [0, 0.05) is 5.97 Å². The zero-order valence-electron chi connectivity index (χ0n) is 10.1. The van der Waals surface area contributed by atoms with Crippen molar-refractivity contribution in [3.63, 3.8) is 0 Å². The van der Waals surface area contributed by atoms with Gasteiger partial charge in [-0.25, -0.2) is 4.79 Å². The van der Waals surface area contributed by atoms with Gasteiger partial charge in [0.1, 0.15) is 11.3 Å². The van der Waals surface area contributed by atoms with Crippen LogP contribution in [0.25, 0.3) is 0 Å². The maximum Gasteiger partial charge on any atom is 1.00 e. The van der Waals surface area contributed by atoms with Gasteiger partial charge in [-0.3, -0.25) is 0 Å². The minimum Gasteiger partial charge on any atom is -0.550 e. The van der Waals surface area contributed by atoms with Crippen molar-refractivity contribution in [2.24, 2.45) is 5.73 Å². The molecule has 6 nitrogen and oxygen atoms in total. The van der Waals surface area contributed by atoms with Crippen molar-refractivity contribution in [2.75, 3.05) is 6.54 Å². The summed E-state index contributed by atoms with van der Waals surface area (Å²) in [5.41, 5.74) is 4.92. The van der Waals surface area contributed by atoms with E-state index >= 15 is 0 Å². The number of phenols is 1. The molecule has 0 aliphatic rings. The monoisotopic (exact) mass is 279 g/mol. The number of aromatic carboxylic acids is 1. The predicted molar refractivity (Wildman–Crippen MR) is 58.4 cm³/mol. The minimum atomic E-state index is -1.11. The van der Waals surface area contributed by atoms with Gasteiger partial charge in [0.15, 0.2) is 0 Å². The molecule has 7 heteroatoms. The maximum atomic E-state index is 10.3. The first-order valence-electron chi connectivity index (χ1n) is 4.90. The molecule has 0 fully saturated rings. The van der Waals surface area contributed by atoms with Crippen molar-refractivity contribution in [1.29, 1.82) is 0 Å². The number of carboxylic acid groups (broad SMARTS) is 2. The molecule has 0 aliphatic heterocycles. The van der Waals surface area contributed by atoms with Crippen LogP contribution >= 0.6 is 0 Å². The largest absolute Gasteiger partial charge is 1.00 e. The summed E-state index contributed by atoms with van der Waals surface area (Å²) in [4.78, 5) is 19.9. The Hall–Kier alpha value is -0.444. The summed E-state index contributed by atoms with van der Waals surface area (Å²) in [7, 11) is 0. The summed E-state index contributed by atoms with van der Waals surface area (Å²) in [5, 5.41) is 26.9. The van der Waals surface area contributed by atoms with Gasteiger partial charge < -0.3 is 25.8 Å². The van der Waals surface area contributed by atoms with Crippen LogP contribution in [0.5, 0.6) is 5.75 Å². The summed E-state index contributed by atoms with van der Waals surface area (Å²) < 4.78 is 0. The van der Waals surface area contributed by atoms with Crippen molar-refractivity contribution in [2.45, 2.75) is 12.8 Å². The Morgan fingerprint density at radius 2 is 1.83 bits per heavy atom. The fraction of sp³-hybridized carbons (Fsp3) is 0.273. The third-order valence-electron chi connectivity index (χ3n) is 1.72. The fourth-order valence-electron chi connectivity index (χ4n) is 0.901. The number of para-hydroxylation sites is 1. The van der Waals surface area contributed by atoms with Crippen LogP contribution in [0.2, 0.25) is 0 Å². The van der Waals surface area contributed by atoms with Gasteiger partial charge in [-0.2, -0.15) is 0 Å². The molecule has 1 aromatic carbocycles. The molecule has 0 heterocycles. The Morgan fingerprint density at radius 1 is 1.28 bits per heavy atom. The molecule has 0 saturated heterocycles. The van der Waals surface area contributed by atoms with Gasteiger partial charge in [-0.15, -0.1) is 0 Å². The molecule has 1 aromatic rings. The number of hydrogen-bond donors (Lipinski definition) is 3. The van der Waals surface area contributed by atoms with Crippen molar-refractivity contribution < 1.29 is 76.3 Å². The molecule has 0 unspecified atom stereocenters. The number of benzene rings is 1. The molecular formula is C11H14KNO5. The van der Waals surface area contributed by atoms with E-state index in [1.807, 2.05) is 0 Å². The van der Waals surface area contributed by atoms with Gasteiger partial charge in [0.2, 0.25) is 0 Å². The molecule has 0 aromatic heterocycles. The average Bonchev–Trinajstić information content (AvgIpc) is 2.27. The van der Waals surface area contributed by atoms with E-state index in [2.05, 4.69) is 0 Å². The average molecular weight is 279 g/mol. The first-order chi connectivity index (χ1) is 7.99. The normalized spacial score (nSPS) is 8.50. The number of aromatic hydroxyl groups is 1. The molecule has 0 saturated carbocycles. The number of hydrogen-bond acceptors (Lipinski definition) is 5. The van der Waals surface area contributed by atoms with E-state index in [1.54, 1.807) is 12.1 Å². The van der Waals surface area contributed by atoms with Crippen LogP contribution < -0.4 is 62.2 Å². The van der Waals surface area contributed by atoms with E-state index in [0.29, 0.717) is 13.0 Å². The van der Waals surface area contributed by atoms with E-state index in [9.17, 15) is 14.7 Å². The van der Waals surface area contributed by atoms with Crippen molar-refractivity contribution in [3.8, 4) is 5.75 Å². The number of nitrogens with two attached hydrogens (primary N) is 1. The predicted octanol–water partition coefficient (Wildman–Crippen LogP) is -3.43. The Bertz CT molecular complexity index is 383. The molecular weight excluding hydrogens is 265 g/mol. The summed E-state index contributed by atoms with van der Waals surface area (Å²) in [6.07, 6.45) is 0.596. The minimum absolute atomic E-state index is 0. The van der Waals surface area contributed by atoms with E-state index in [1.165, 1.54) is 12.1 Å². The first-order valence-corrected chi connectivity index (χ1v) is 4.90. The molecule has 0 atom stereocenters.